The number of nitrogens with one attached hydrogen (secondary N) is 2. The molecule has 3 aromatic carbocycles. The van der Waals surface area contributed by atoms with E-state index in [4.69, 9.17) is 4.74 Å². The highest BCUT2D eigenvalue weighted by Crippen LogP contribution is 2.23. The maximum absolute atomic E-state index is 13.7. The van der Waals surface area contributed by atoms with Gasteiger partial charge in [-0.15, -0.1) is 0 Å². The van der Waals surface area contributed by atoms with Gasteiger partial charge in [0, 0.05) is 64.0 Å². The minimum atomic E-state index is -0.946. The summed E-state index contributed by atoms with van der Waals surface area (Å²) in [5, 5.41) is 8.17. The van der Waals surface area contributed by atoms with Crippen LogP contribution < -0.4 is 15.4 Å². The van der Waals surface area contributed by atoms with Gasteiger partial charge in [-0.25, -0.2) is 0 Å². The summed E-state index contributed by atoms with van der Waals surface area (Å²) in [7, 11) is 3.11. The maximum atomic E-state index is 13.7. The third-order valence-corrected chi connectivity index (χ3v) is 9.83. The van der Waals surface area contributed by atoms with Gasteiger partial charge in [-0.3, -0.25) is 29.0 Å². The van der Waals surface area contributed by atoms with Crippen LogP contribution in [0.25, 0.3) is 10.8 Å². The normalized spacial score (nSPS) is 20.0. The number of benzene rings is 3. The summed E-state index contributed by atoms with van der Waals surface area (Å²) in [5.74, 6) is -0.960. The standard InChI is InChI=1S/C40H44N6O6/c1-44-25-38(49)46-24-32(43-36(47)15-8-27-17-19-41-20-18-27)22-33(46)26-52-34-12-10-30(11-13-34)40(51)45(2)35(14-16-37(44)48)39(50)42-23-28-7-9-29-5-3-4-6-31(29)21-28/h3-7,9-13,17-21,32-33,35H,8,14-16,22-26H2,1-2H3,(H,42,50)(H,43,47)/t32-,33+,35+/m1/s1. The molecule has 0 unspecified atom stereocenters. The van der Waals surface area contributed by atoms with E-state index in [1.54, 1.807) is 55.7 Å². The molecule has 3 atom stereocenters. The van der Waals surface area contributed by atoms with Gasteiger partial charge in [0.1, 0.15) is 18.4 Å². The van der Waals surface area contributed by atoms with Crippen LogP contribution in [0, 0.1) is 0 Å². The molecular formula is C40H44N6O6. The Bertz CT molecular complexity index is 1920. The molecule has 5 amide bonds. The second kappa shape index (κ2) is 16.5. The van der Waals surface area contributed by atoms with Crippen molar-refractivity contribution in [1.82, 2.24) is 30.3 Å². The molecule has 12 nitrogen and oxygen atoms in total. The van der Waals surface area contributed by atoms with Crippen LogP contribution in [-0.4, -0.2) is 101 Å². The van der Waals surface area contributed by atoms with Crippen molar-refractivity contribution in [3.63, 3.8) is 0 Å². The zero-order valence-electron chi connectivity index (χ0n) is 29.5. The van der Waals surface area contributed by atoms with Crippen molar-refractivity contribution in [2.24, 2.45) is 0 Å². The first kappa shape index (κ1) is 36.0. The number of pyridine rings is 1. The molecule has 3 aliphatic heterocycles. The number of rotatable bonds is 7. The number of carbonyl (C=O) groups excluding carboxylic acids is 5. The molecule has 0 radical (unpaired) electrons. The Morgan fingerprint density at radius 2 is 1.63 bits per heavy atom. The summed E-state index contributed by atoms with van der Waals surface area (Å²) in [6.45, 7) is 0.521. The maximum Gasteiger partial charge on any atom is 0.254 e. The third kappa shape index (κ3) is 8.92. The monoisotopic (exact) mass is 704 g/mol. The molecule has 4 heterocycles. The van der Waals surface area contributed by atoms with Crippen LogP contribution >= 0.6 is 0 Å². The van der Waals surface area contributed by atoms with Crippen LogP contribution in [0.15, 0.2) is 91.3 Å². The van der Waals surface area contributed by atoms with Crippen molar-refractivity contribution < 1.29 is 28.7 Å². The van der Waals surface area contributed by atoms with Crippen molar-refractivity contribution >= 4 is 40.3 Å². The molecule has 2 N–H and O–H groups in total. The molecule has 3 aliphatic rings. The number of likely N-dealkylation sites (N-methyl/N-ethyl adjacent to an activating group) is 2. The highest BCUT2D eigenvalue weighted by atomic mass is 16.5. The fourth-order valence-electron chi connectivity index (χ4n) is 6.81. The molecule has 1 aromatic heterocycles. The number of ether oxygens (including phenoxy) is 1. The molecule has 0 spiro atoms. The van der Waals surface area contributed by atoms with Gasteiger partial charge in [-0.2, -0.15) is 0 Å². The number of hydrogen-bond acceptors (Lipinski definition) is 7. The van der Waals surface area contributed by atoms with Crippen LogP contribution in [-0.2, 0) is 32.1 Å². The summed E-state index contributed by atoms with van der Waals surface area (Å²) >= 11 is 0. The minimum absolute atomic E-state index is 0.0584. The van der Waals surface area contributed by atoms with Crippen LogP contribution in [0.2, 0.25) is 0 Å². The first-order chi connectivity index (χ1) is 25.1. The van der Waals surface area contributed by atoms with E-state index in [0.29, 0.717) is 30.6 Å². The Morgan fingerprint density at radius 1 is 0.885 bits per heavy atom. The van der Waals surface area contributed by atoms with Crippen LogP contribution in [0.5, 0.6) is 5.75 Å². The van der Waals surface area contributed by atoms with E-state index in [0.717, 1.165) is 21.9 Å². The Labute approximate surface area is 303 Å². The highest BCUT2D eigenvalue weighted by Gasteiger charge is 2.37. The average Bonchev–Trinajstić information content (AvgIpc) is 3.57. The molecular weight excluding hydrogens is 660 g/mol. The molecule has 0 saturated carbocycles. The topological polar surface area (TPSA) is 141 Å². The number of fused-ring (bicyclic) bond motifs is 12. The largest absolute Gasteiger partial charge is 0.491 e. The number of carbonyl (C=O) groups is 5. The first-order valence-electron chi connectivity index (χ1n) is 17.6. The fraction of sp³-hybridized carbons (Fsp3) is 0.350. The van der Waals surface area contributed by atoms with Gasteiger partial charge in [0.05, 0.1) is 12.6 Å². The lowest BCUT2D eigenvalue weighted by Crippen LogP contribution is -2.48. The molecule has 2 bridgehead atoms. The van der Waals surface area contributed by atoms with Gasteiger partial charge >= 0.3 is 0 Å². The molecule has 270 valence electrons. The quantitative estimate of drug-likeness (QED) is 0.301. The molecule has 7 rings (SSSR count). The second-order valence-electron chi connectivity index (χ2n) is 13.5. The lowest BCUT2D eigenvalue weighted by atomic mass is 10.1. The summed E-state index contributed by atoms with van der Waals surface area (Å²) in [6, 6.07) is 22.7. The highest BCUT2D eigenvalue weighted by molar-refractivity contribution is 5.97. The van der Waals surface area contributed by atoms with Gasteiger partial charge in [0.25, 0.3) is 5.91 Å². The van der Waals surface area contributed by atoms with E-state index in [2.05, 4.69) is 15.6 Å². The molecule has 52 heavy (non-hydrogen) atoms. The van der Waals surface area contributed by atoms with E-state index in [-0.39, 0.29) is 80.7 Å². The minimum Gasteiger partial charge on any atom is -0.491 e. The van der Waals surface area contributed by atoms with Crippen molar-refractivity contribution in [1.29, 1.82) is 0 Å². The number of amides is 5. The van der Waals surface area contributed by atoms with Gasteiger partial charge in [-0.05, 0) is 83.6 Å². The Morgan fingerprint density at radius 3 is 2.40 bits per heavy atom. The smallest absolute Gasteiger partial charge is 0.254 e. The average molecular weight is 705 g/mol. The zero-order valence-corrected chi connectivity index (χ0v) is 29.5. The van der Waals surface area contributed by atoms with E-state index in [1.807, 2.05) is 54.6 Å². The number of aryl methyl sites for hydroxylation is 1. The predicted octanol–water partition coefficient (Wildman–Crippen LogP) is 3.34. The molecule has 12 heteroatoms. The predicted molar refractivity (Wildman–Crippen MR) is 195 cm³/mol. The number of nitrogens with zero attached hydrogens (tertiary/aromatic N) is 4. The van der Waals surface area contributed by atoms with E-state index < -0.39 is 6.04 Å². The van der Waals surface area contributed by atoms with Gasteiger partial charge < -0.3 is 30.1 Å². The Kier molecular flexibility index (Phi) is 11.4. The summed E-state index contributed by atoms with van der Waals surface area (Å²) in [6.07, 6.45) is 4.75. The Balaban J connectivity index is 1.14. The molecule has 1 saturated heterocycles. The second-order valence-corrected chi connectivity index (χ2v) is 13.5. The SMILES string of the molecule is CN1CC(=O)N2C[C@H](NC(=O)CCc3ccncc3)C[C@H]2COc2ccc(cc2)C(=O)N(C)[C@H](C(=O)NCc2ccc3ccccc3c2)CCC1=O. The van der Waals surface area contributed by atoms with Crippen LogP contribution in [0.3, 0.4) is 0 Å². The Hall–Kier alpha value is -5.78. The third-order valence-electron chi connectivity index (χ3n) is 9.83. The van der Waals surface area contributed by atoms with E-state index >= 15 is 0 Å². The lowest BCUT2D eigenvalue weighted by molar-refractivity contribution is -0.140. The van der Waals surface area contributed by atoms with Crippen LogP contribution in [0.1, 0.15) is 47.2 Å². The van der Waals surface area contributed by atoms with Crippen molar-refractivity contribution in [3.05, 3.63) is 108 Å². The fourth-order valence-corrected chi connectivity index (χ4v) is 6.81. The van der Waals surface area contributed by atoms with Crippen molar-refractivity contribution in [2.45, 2.75) is 56.8 Å². The summed E-state index contributed by atoms with van der Waals surface area (Å²) in [4.78, 5) is 75.6. The van der Waals surface area contributed by atoms with E-state index in [1.165, 1.54) is 9.80 Å². The van der Waals surface area contributed by atoms with Crippen molar-refractivity contribution in [2.75, 3.05) is 33.8 Å². The summed E-state index contributed by atoms with van der Waals surface area (Å²) < 4.78 is 6.09. The summed E-state index contributed by atoms with van der Waals surface area (Å²) in [5.41, 5.74) is 2.28. The molecule has 0 aliphatic carbocycles. The van der Waals surface area contributed by atoms with Gasteiger partial charge in [0.2, 0.25) is 23.6 Å². The molecule has 1 fully saturated rings. The van der Waals surface area contributed by atoms with E-state index in [9.17, 15) is 24.0 Å². The van der Waals surface area contributed by atoms with Crippen molar-refractivity contribution in [3.8, 4) is 5.75 Å². The first-order valence-corrected chi connectivity index (χ1v) is 17.6. The number of hydrogen-bond donors (Lipinski definition) is 2. The van der Waals surface area contributed by atoms with Gasteiger partial charge in [0.15, 0.2) is 0 Å². The zero-order chi connectivity index (χ0) is 36.6. The molecule has 4 aromatic rings. The van der Waals surface area contributed by atoms with Crippen LogP contribution in [0.4, 0.5) is 0 Å². The van der Waals surface area contributed by atoms with Gasteiger partial charge in [-0.1, -0.05) is 36.4 Å². The number of aromatic nitrogens is 1. The lowest BCUT2D eigenvalue weighted by Gasteiger charge is -2.29.